The number of benzene rings is 2. The van der Waals surface area contributed by atoms with Gasteiger partial charge < -0.3 is 26.7 Å². The highest BCUT2D eigenvalue weighted by Crippen LogP contribution is 2.29. The molecule has 1 aliphatic rings. The molecule has 0 bridgehead atoms. The van der Waals surface area contributed by atoms with E-state index in [-0.39, 0.29) is 24.2 Å². The highest BCUT2D eigenvalue weighted by Gasteiger charge is 2.29. The number of nitrogens with one attached hydrogen (secondary N) is 3. The molecule has 192 valence electrons. The molecule has 2 aromatic carbocycles. The first-order chi connectivity index (χ1) is 17.8. The lowest BCUT2D eigenvalue weighted by Crippen LogP contribution is -2.49. The average Bonchev–Trinajstić information content (AvgIpc) is 3.34. The number of fused-ring (bicyclic) bond motifs is 1. The third kappa shape index (κ3) is 6.03. The summed E-state index contributed by atoms with van der Waals surface area (Å²) < 4.78 is 13.4. The molecule has 3 amide bonds. The average molecular weight is 522 g/mol. The Morgan fingerprint density at radius 2 is 2.00 bits per heavy atom. The molecule has 0 spiro atoms. The zero-order valence-electron chi connectivity index (χ0n) is 20.3. The molecular weight excluding hydrogens is 493 g/mol. The van der Waals surface area contributed by atoms with Crippen molar-refractivity contribution in [3.8, 4) is 0 Å². The number of rotatable bonds is 8. The van der Waals surface area contributed by atoms with Crippen molar-refractivity contribution < 1.29 is 18.8 Å². The molecule has 0 radical (unpaired) electrons. The number of nitrogens with two attached hydrogens (primary N) is 1. The maximum atomic E-state index is 13.4. The quantitative estimate of drug-likeness (QED) is 0.267. The first kappa shape index (κ1) is 26.0. The SMILES string of the molecule is CC[C@@H](NC(=O)c1ccc(N)c(C=N)c1)C(=O)N1CCc2sc(C(=O)NCc3cccc(F)c3)cc2C1. The van der Waals surface area contributed by atoms with Gasteiger partial charge in [-0.15, -0.1) is 11.3 Å². The van der Waals surface area contributed by atoms with Crippen molar-refractivity contribution in [3.63, 3.8) is 0 Å². The van der Waals surface area contributed by atoms with Crippen LogP contribution in [0.5, 0.6) is 0 Å². The third-order valence-electron chi connectivity index (χ3n) is 6.26. The molecule has 8 nitrogen and oxygen atoms in total. The maximum absolute atomic E-state index is 13.4. The second kappa shape index (κ2) is 11.3. The van der Waals surface area contributed by atoms with Crippen molar-refractivity contribution in [2.45, 2.75) is 38.9 Å². The van der Waals surface area contributed by atoms with E-state index in [1.165, 1.54) is 29.5 Å². The summed E-state index contributed by atoms with van der Waals surface area (Å²) in [5.41, 5.74) is 8.55. The van der Waals surface area contributed by atoms with Crippen molar-refractivity contribution in [2.75, 3.05) is 12.3 Å². The van der Waals surface area contributed by atoms with Gasteiger partial charge in [0, 0.05) is 47.5 Å². The zero-order chi connectivity index (χ0) is 26.5. The van der Waals surface area contributed by atoms with Gasteiger partial charge in [0.25, 0.3) is 11.8 Å². The Bertz CT molecular complexity index is 1360. The second-order valence-electron chi connectivity index (χ2n) is 8.80. The van der Waals surface area contributed by atoms with Gasteiger partial charge in [0.2, 0.25) is 5.91 Å². The van der Waals surface area contributed by atoms with Crippen molar-refractivity contribution in [1.82, 2.24) is 15.5 Å². The minimum absolute atomic E-state index is 0.187. The molecule has 2 heterocycles. The number of halogens is 1. The fourth-order valence-electron chi connectivity index (χ4n) is 4.19. The van der Waals surface area contributed by atoms with E-state index in [4.69, 9.17) is 11.1 Å². The molecule has 0 aliphatic carbocycles. The third-order valence-corrected chi connectivity index (χ3v) is 7.50. The molecule has 0 saturated carbocycles. The number of carbonyl (C=O) groups is 3. The molecular formula is C27H28FN5O3S. The summed E-state index contributed by atoms with van der Waals surface area (Å²) in [5.74, 6) is -1.19. The summed E-state index contributed by atoms with van der Waals surface area (Å²) in [6, 6.07) is 11.8. The summed E-state index contributed by atoms with van der Waals surface area (Å²) in [4.78, 5) is 42.0. The molecule has 4 rings (SSSR count). The van der Waals surface area contributed by atoms with E-state index in [1.54, 1.807) is 35.2 Å². The Kier molecular flexibility index (Phi) is 7.98. The van der Waals surface area contributed by atoms with Gasteiger partial charge in [-0.25, -0.2) is 4.39 Å². The smallest absolute Gasteiger partial charge is 0.261 e. The monoisotopic (exact) mass is 521 g/mol. The number of carbonyl (C=O) groups excluding carboxylic acids is 3. The van der Waals surface area contributed by atoms with Gasteiger partial charge in [-0.05, 0) is 60.4 Å². The summed E-state index contributed by atoms with van der Waals surface area (Å²) in [5, 5.41) is 13.0. The number of amides is 3. The second-order valence-corrected chi connectivity index (χ2v) is 9.94. The van der Waals surface area contributed by atoms with E-state index in [0.29, 0.717) is 53.2 Å². The van der Waals surface area contributed by atoms with Crippen molar-refractivity contribution in [2.24, 2.45) is 0 Å². The Hall–Kier alpha value is -4.05. The fourth-order valence-corrected chi connectivity index (χ4v) is 5.27. The first-order valence-corrected chi connectivity index (χ1v) is 12.7. The van der Waals surface area contributed by atoms with Crippen molar-refractivity contribution >= 4 is 41.0 Å². The van der Waals surface area contributed by atoms with Crippen LogP contribution in [0.1, 0.15) is 54.9 Å². The van der Waals surface area contributed by atoms with Gasteiger partial charge in [0.1, 0.15) is 11.9 Å². The Morgan fingerprint density at radius 1 is 1.19 bits per heavy atom. The molecule has 0 unspecified atom stereocenters. The van der Waals surface area contributed by atoms with Crippen LogP contribution in [0.15, 0.2) is 48.5 Å². The van der Waals surface area contributed by atoms with Crippen LogP contribution in [-0.4, -0.2) is 41.4 Å². The first-order valence-electron chi connectivity index (χ1n) is 11.9. The largest absolute Gasteiger partial charge is 0.398 e. The molecule has 0 fully saturated rings. The number of thiophene rings is 1. The Morgan fingerprint density at radius 3 is 2.73 bits per heavy atom. The van der Waals surface area contributed by atoms with Crippen LogP contribution in [0.2, 0.25) is 0 Å². The van der Waals surface area contributed by atoms with Crippen LogP contribution in [0.25, 0.3) is 0 Å². The van der Waals surface area contributed by atoms with E-state index >= 15 is 0 Å². The topological polar surface area (TPSA) is 128 Å². The minimum Gasteiger partial charge on any atom is -0.398 e. The number of hydrogen-bond acceptors (Lipinski definition) is 6. The van der Waals surface area contributed by atoms with E-state index in [1.807, 2.05) is 6.92 Å². The standard InChI is InChI=1S/C27H28FN5O3S/c1-2-22(32-25(34)17-6-7-21(30)18(11-17)13-29)27(36)33-9-8-23-19(15-33)12-24(37-23)26(35)31-14-16-4-3-5-20(28)10-16/h3-7,10-13,22,29H,2,8-9,14-15,30H2,1H3,(H,31,35)(H,32,34)/t22-/m1/s1. The predicted octanol–water partition coefficient (Wildman–Crippen LogP) is 3.49. The van der Waals surface area contributed by atoms with Gasteiger partial charge in [0.15, 0.2) is 0 Å². The molecule has 3 aromatic rings. The number of nitrogens with zero attached hydrogens (tertiary/aromatic N) is 1. The summed E-state index contributed by atoms with van der Waals surface area (Å²) >= 11 is 1.40. The van der Waals surface area contributed by atoms with E-state index < -0.39 is 11.9 Å². The van der Waals surface area contributed by atoms with Gasteiger partial charge in [-0.2, -0.15) is 0 Å². The lowest BCUT2D eigenvalue weighted by molar-refractivity contribution is -0.134. The summed E-state index contributed by atoms with van der Waals surface area (Å²) in [6.45, 7) is 2.89. The lowest BCUT2D eigenvalue weighted by Gasteiger charge is -2.30. The molecule has 5 N–H and O–H groups in total. The predicted molar refractivity (Wildman–Crippen MR) is 141 cm³/mol. The van der Waals surface area contributed by atoms with Crippen LogP contribution in [-0.2, 0) is 24.3 Å². The van der Waals surface area contributed by atoms with Gasteiger partial charge in [-0.1, -0.05) is 19.1 Å². The van der Waals surface area contributed by atoms with Crippen molar-refractivity contribution in [3.05, 3.63) is 86.4 Å². The van der Waals surface area contributed by atoms with Crippen molar-refractivity contribution in [1.29, 1.82) is 5.41 Å². The molecule has 0 saturated heterocycles. The Labute approximate surface area is 218 Å². The zero-order valence-corrected chi connectivity index (χ0v) is 21.2. The van der Waals surface area contributed by atoms with Gasteiger partial charge in [-0.3, -0.25) is 14.4 Å². The number of anilines is 1. The highest BCUT2D eigenvalue weighted by molar-refractivity contribution is 7.14. The van der Waals surface area contributed by atoms with Crippen LogP contribution in [0.3, 0.4) is 0 Å². The maximum Gasteiger partial charge on any atom is 0.261 e. The van der Waals surface area contributed by atoms with Crippen LogP contribution in [0.4, 0.5) is 10.1 Å². The van der Waals surface area contributed by atoms with Crippen LogP contribution < -0.4 is 16.4 Å². The number of nitrogen functional groups attached to an aromatic ring is 1. The molecule has 10 heteroatoms. The molecule has 1 aromatic heterocycles. The van der Waals surface area contributed by atoms with Gasteiger partial charge >= 0.3 is 0 Å². The van der Waals surface area contributed by atoms with E-state index in [9.17, 15) is 18.8 Å². The normalized spacial score (nSPS) is 13.4. The highest BCUT2D eigenvalue weighted by atomic mass is 32.1. The van der Waals surface area contributed by atoms with Crippen LogP contribution >= 0.6 is 11.3 Å². The fraction of sp³-hybridized carbons (Fsp3) is 0.259. The summed E-state index contributed by atoms with van der Waals surface area (Å²) in [6.07, 6.45) is 2.11. The molecule has 37 heavy (non-hydrogen) atoms. The van der Waals surface area contributed by atoms with Crippen LogP contribution in [0, 0.1) is 11.2 Å². The number of hydrogen-bond donors (Lipinski definition) is 4. The minimum atomic E-state index is -0.706. The van der Waals surface area contributed by atoms with Gasteiger partial charge in [0.05, 0.1) is 4.88 Å². The Balaban J connectivity index is 1.38. The molecule has 1 atom stereocenters. The van der Waals surface area contributed by atoms with E-state index in [0.717, 1.165) is 16.7 Å². The lowest BCUT2D eigenvalue weighted by atomic mass is 10.1. The molecule has 1 aliphatic heterocycles. The summed E-state index contributed by atoms with van der Waals surface area (Å²) in [7, 11) is 0. The van der Waals surface area contributed by atoms with E-state index in [2.05, 4.69) is 10.6 Å².